The standard InChI is InChI=1S/C23H16ClF3N4O3/c1-13(29-17-10-11-28-21(24)20(17)31(33)34)18-12-14-6-5-9-16(23(25,26)27)19(14)22(32)30(18)15-7-3-2-4-8-15/h2-13H,1H3,(H,28,29). The van der Waals surface area contributed by atoms with E-state index in [-0.39, 0.29) is 16.2 Å². The highest BCUT2D eigenvalue weighted by atomic mass is 35.5. The molecule has 0 aliphatic heterocycles. The van der Waals surface area contributed by atoms with Crippen molar-refractivity contribution < 1.29 is 18.1 Å². The van der Waals surface area contributed by atoms with Gasteiger partial charge in [-0.3, -0.25) is 19.5 Å². The van der Waals surface area contributed by atoms with E-state index in [1.54, 1.807) is 37.3 Å². The van der Waals surface area contributed by atoms with E-state index in [9.17, 15) is 28.1 Å². The summed E-state index contributed by atoms with van der Waals surface area (Å²) < 4.78 is 42.3. The number of benzene rings is 2. The zero-order valence-electron chi connectivity index (χ0n) is 17.5. The normalized spacial score (nSPS) is 12.5. The van der Waals surface area contributed by atoms with E-state index < -0.39 is 39.3 Å². The van der Waals surface area contributed by atoms with Gasteiger partial charge in [0.2, 0.25) is 5.15 Å². The van der Waals surface area contributed by atoms with Crippen LogP contribution in [0.4, 0.5) is 24.5 Å². The van der Waals surface area contributed by atoms with Crippen LogP contribution in [0.3, 0.4) is 0 Å². The Kier molecular flexibility index (Phi) is 6.01. The molecule has 0 amide bonds. The Bertz CT molecular complexity index is 1460. The largest absolute Gasteiger partial charge is 0.417 e. The van der Waals surface area contributed by atoms with Gasteiger partial charge in [-0.1, -0.05) is 41.9 Å². The molecule has 0 aliphatic carbocycles. The number of nitrogens with one attached hydrogen (secondary N) is 1. The van der Waals surface area contributed by atoms with Gasteiger partial charge in [-0.25, -0.2) is 4.98 Å². The van der Waals surface area contributed by atoms with Crippen LogP contribution in [0.25, 0.3) is 16.5 Å². The summed E-state index contributed by atoms with van der Waals surface area (Å²) in [7, 11) is 0. The SMILES string of the molecule is CC(Nc1ccnc(Cl)c1[N+](=O)[O-])c1cc2cccc(C(F)(F)F)c2c(=O)n1-c1ccccc1. The van der Waals surface area contributed by atoms with Crippen molar-refractivity contribution in [3.05, 3.63) is 104 Å². The maximum atomic E-state index is 13.7. The number of para-hydroxylation sites is 1. The Hall–Kier alpha value is -3.92. The van der Waals surface area contributed by atoms with Gasteiger partial charge in [-0.2, -0.15) is 13.2 Å². The van der Waals surface area contributed by atoms with Crippen molar-refractivity contribution in [3.8, 4) is 5.69 Å². The number of hydrogen-bond donors (Lipinski definition) is 1. The molecule has 34 heavy (non-hydrogen) atoms. The first-order valence-electron chi connectivity index (χ1n) is 9.96. The third-order valence-electron chi connectivity index (χ3n) is 5.27. The third kappa shape index (κ3) is 4.19. The highest BCUT2D eigenvalue weighted by Gasteiger charge is 2.34. The van der Waals surface area contributed by atoms with Gasteiger partial charge in [-0.05, 0) is 42.6 Å². The molecule has 0 saturated heterocycles. The summed E-state index contributed by atoms with van der Waals surface area (Å²) in [4.78, 5) is 28.0. The molecule has 1 unspecified atom stereocenters. The summed E-state index contributed by atoms with van der Waals surface area (Å²) in [6.07, 6.45) is -3.45. The zero-order chi connectivity index (χ0) is 24.6. The van der Waals surface area contributed by atoms with E-state index in [1.165, 1.54) is 35.0 Å². The molecule has 0 radical (unpaired) electrons. The summed E-state index contributed by atoms with van der Waals surface area (Å²) in [5.74, 6) is 0. The van der Waals surface area contributed by atoms with Gasteiger partial charge in [0, 0.05) is 17.6 Å². The maximum Gasteiger partial charge on any atom is 0.417 e. The van der Waals surface area contributed by atoms with Crippen LogP contribution in [0, 0.1) is 10.1 Å². The molecule has 2 aromatic heterocycles. The minimum Gasteiger partial charge on any atom is -0.371 e. The van der Waals surface area contributed by atoms with Crippen LogP contribution in [0.1, 0.15) is 24.2 Å². The molecule has 0 spiro atoms. The lowest BCUT2D eigenvalue weighted by atomic mass is 10.0. The minimum absolute atomic E-state index is 0.0497. The van der Waals surface area contributed by atoms with Gasteiger partial charge in [0.05, 0.1) is 21.9 Å². The lowest BCUT2D eigenvalue weighted by Gasteiger charge is -2.22. The molecular formula is C23H16ClF3N4O3. The lowest BCUT2D eigenvalue weighted by Crippen LogP contribution is -2.27. The van der Waals surface area contributed by atoms with Crippen LogP contribution in [0.5, 0.6) is 0 Å². The van der Waals surface area contributed by atoms with E-state index in [0.717, 1.165) is 6.07 Å². The van der Waals surface area contributed by atoms with Gasteiger partial charge in [0.25, 0.3) is 5.56 Å². The molecule has 11 heteroatoms. The first-order valence-corrected chi connectivity index (χ1v) is 10.3. The van der Waals surface area contributed by atoms with E-state index in [0.29, 0.717) is 11.4 Å². The predicted octanol–water partition coefficient (Wildman–Crippen LogP) is 6.14. The van der Waals surface area contributed by atoms with E-state index in [1.807, 2.05) is 0 Å². The van der Waals surface area contributed by atoms with Crippen molar-refractivity contribution in [2.24, 2.45) is 0 Å². The fourth-order valence-electron chi connectivity index (χ4n) is 3.81. The Morgan fingerprint density at radius 2 is 1.82 bits per heavy atom. The first-order chi connectivity index (χ1) is 16.1. The molecule has 7 nitrogen and oxygen atoms in total. The molecular weight excluding hydrogens is 473 g/mol. The number of hydrogen-bond acceptors (Lipinski definition) is 5. The van der Waals surface area contributed by atoms with Gasteiger partial charge < -0.3 is 5.32 Å². The monoisotopic (exact) mass is 488 g/mol. The molecule has 0 aliphatic rings. The molecule has 0 bridgehead atoms. The van der Waals surface area contributed by atoms with Crippen LogP contribution >= 0.6 is 11.6 Å². The van der Waals surface area contributed by atoms with Crippen LogP contribution in [0.2, 0.25) is 5.15 Å². The van der Waals surface area contributed by atoms with Crippen LogP contribution in [0.15, 0.2) is 71.7 Å². The van der Waals surface area contributed by atoms with Crippen molar-refractivity contribution in [1.82, 2.24) is 9.55 Å². The minimum atomic E-state index is -4.73. The van der Waals surface area contributed by atoms with Gasteiger partial charge >= 0.3 is 11.9 Å². The molecule has 174 valence electrons. The Labute approximate surface area is 195 Å². The Morgan fingerprint density at radius 1 is 1.12 bits per heavy atom. The number of rotatable bonds is 5. The van der Waals surface area contributed by atoms with Gasteiger partial charge in [0.15, 0.2) is 0 Å². The molecule has 4 aromatic rings. The number of halogens is 4. The van der Waals surface area contributed by atoms with Crippen molar-refractivity contribution in [2.45, 2.75) is 19.1 Å². The smallest absolute Gasteiger partial charge is 0.371 e. The number of alkyl halides is 3. The molecule has 2 heterocycles. The summed E-state index contributed by atoms with van der Waals surface area (Å²) in [6.45, 7) is 1.63. The molecule has 1 N–H and O–H groups in total. The quantitative estimate of drug-likeness (QED) is 0.207. The highest BCUT2D eigenvalue weighted by Crippen LogP contribution is 2.36. The summed E-state index contributed by atoms with van der Waals surface area (Å²) >= 11 is 5.89. The highest BCUT2D eigenvalue weighted by molar-refractivity contribution is 6.32. The van der Waals surface area contributed by atoms with Gasteiger partial charge in [-0.15, -0.1) is 0 Å². The van der Waals surface area contributed by atoms with Crippen LogP contribution in [-0.2, 0) is 6.18 Å². The second kappa shape index (κ2) is 8.79. The average Bonchev–Trinajstić information content (AvgIpc) is 2.78. The van der Waals surface area contributed by atoms with Crippen LogP contribution in [-0.4, -0.2) is 14.5 Å². The lowest BCUT2D eigenvalue weighted by molar-refractivity contribution is -0.384. The third-order valence-corrected chi connectivity index (χ3v) is 5.55. The van der Waals surface area contributed by atoms with Crippen LogP contribution < -0.4 is 10.9 Å². The fourth-order valence-corrected chi connectivity index (χ4v) is 4.03. The molecule has 1 atom stereocenters. The van der Waals surface area contributed by atoms with Crippen molar-refractivity contribution in [1.29, 1.82) is 0 Å². The van der Waals surface area contributed by atoms with E-state index in [2.05, 4.69) is 10.3 Å². The number of nitro groups is 1. The van der Waals surface area contributed by atoms with E-state index in [4.69, 9.17) is 11.6 Å². The predicted molar refractivity (Wildman–Crippen MR) is 122 cm³/mol. The first kappa shape index (κ1) is 23.2. The summed E-state index contributed by atoms with van der Waals surface area (Å²) in [5, 5.41) is 13.7. The Balaban J connectivity index is 1.97. The Morgan fingerprint density at radius 3 is 2.47 bits per heavy atom. The molecule has 4 rings (SSSR count). The summed E-state index contributed by atoms with van der Waals surface area (Å²) in [6, 6.07) is 13.8. The molecule has 2 aromatic carbocycles. The maximum absolute atomic E-state index is 13.7. The average molecular weight is 489 g/mol. The number of aromatic nitrogens is 2. The fraction of sp³-hybridized carbons (Fsp3) is 0.130. The van der Waals surface area contributed by atoms with Crippen molar-refractivity contribution >= 4 is 33.7 Å². The number of anilines is 1. The van der Waals surface area contributed by atoms with Crippen molar-refractivity contribution in [2.75, 3.05) is 5.32 Å². The molecule has 0 fully saturated rings. The van der Waals surface area contributed by atoms with Crippen molar-refractivity contribution in [3.63, 3.8) is 0 Å². The zero-order valence-corrected chi connectivity index (χ0v) is 18.3. The summed E-state index contributed by atoms with van der Waals surface area (Å²) in [5.41, 5.74) is -1.66. The number of nitrogens with zero attached hydrogens (tertiary/aromatic N) is 3. The van der Waals surface area contributed by atoms with E-state index >= 15 is 0 Å². The second-order valence-electron chi connectivity index (χ2n) is 7.43. The number of fused-ring (bicyclic) bond motifs is 1. The molecule has 0 saturated carbocycles. The number of pyridine rings is 2. The van der Waals surface area contributed by atoms with Gasteiger partial charge in [0.1, 0.15) is 5.69 Å². The second-order valence-corrected chi connectivity index (χ2v) is 7.79. The topological polar surface area (TPSA) is 90.1 Å².